The number of nitrogens with one attached hydrogen (secondary N) is 1. The lowest BCUT2D eigenvalue weighted by molar-refractivity contribution is 0.584. The van der Waals surface area contributed by atoms with Gasteiger partial charge in [-0.1, -0.05) is 11.6 Å². The first kappa shape index (κ1) is 10.8. The van der Waals surface area contributed by atoms with Gasteiger partial charge >= 0.3 is 0 Å². The van der Waals surface area contributed by atoms with E-state index in [-0.39, 0.29) is 0 Å². The van der Waals surface area contributed by atoms with Crippen molar-refractivity contribution in [1.82, 2.24) is 5.32 Å². The van der Waals surface area contributed by atoms with Crippen molar-refractivity contribution in [3.05, 3.63) is 28.8 Å². The van der Waals surface area contributed by atoms with Crippen LogP contribution >= 0.6 is 11.6 Å². The summed E-state index contributed by atoms with van der Waals surface area (Å²) in [7, 11) is 4.17. The number of anilines is 1. The second-order valence-electron chi connectivity index (χ2n) is 4.13. The van der Waals surface area contributed by atoms with E-state index >= 15 is 0 Å². The first-order chi connectivity index (χ1) is 7.22. The monoisotopic (exact) mass is 224 g/mol. The van der Waals surface area contributed by atoms with Crippen molar-refractivity contribution in [2.75, 3.05) is 25.5 Å². The topological polar surface area (TPSA) is 15.3 Å². The second kappa shape index (κ2) is 4.42. The van der Waals surface area contributed by atoms with E-state index in [1.54, 1.807) is 0 Å². The van der Waals surface area contributed by atoms with Crippen molar-refractivity contribution in [3.63, 3.8) is 0 Å². The summed E-state index contributed by atoms with van der Waals surface area (Å²) in [5.74, 6) is 0. The second-order valence-corrected chi connectivity index (χ2v) is 4.57. The molecule has 0 bridgehead atoms. The highest BCUT2D eigenvalue weighted by Crippen LogP contribution is 2.33. The Kier molecular flexibility index (Phi) is 3.17. The standard InChI is InChI=1S/C12H17ClN2/c1-14-6-5-11-8-9-7-10(13)3-4-12(9)15(11)2/h3-4,7,11,14H,5-6,8H2,1-2H3. The molecule has 1 atom stereocenters. The van der Waals surface area contributed by atoms with Gasteiger partial charge in [0, 0.05) is 23.8 Å². The third-order valence-corrected chi connectivity index (χ3v) is 3.39. The van der Waals surface area contributed by atoms with Crippen molar-refractivity contribution in [1.29, 1.82) is 0 Å². The number of hydrogen-bond acceptors (Lipinski definition) is 2. The molecule has 0 fully saturated rings. The zero-order chi connectivity index (χ0) is 10.8. The zero-order valence-electron chi connectivity index (χ0n) is 9.26. The Morgan fingerprint density at radius 3 is 3.07 bits per heavy atom. The van der Waals surface area contributed by atoms with Gasteiger partial charge in [0.1, 0.15) is 0 Å². The molecule has 0 aliphatic carbocycles. The highest BCUT2D eigenvalue weighted by Gasteiger charge is 2.25. The Morgan fingerprint density at radius 2 is 2.33 bits per heavy atom. The lowest BCUT2D eigenvalue weighted by atomic mass is 10.1. The van der Waals surface area contributed by atoms with E-state index in [0.717, 1.165) is 18.0 Å². The van der Waals surface area contributed by atoms with E-state index in [9.17, 15) is 0 Å². The predicted molar refractivity (Wildman–Crippen MR) is 65.9 cm³/mol. The molecule has 1 aromatic rings. The molecule has 0 aromatic heterocycles. The summed E-state index contributed by atoms with van der Waals surface area (Å²) in [5, 5.41) is 4.04. The quantitative estimate of drug-likeness (QED) is 0.848. The molecular weight excluding hydrogens is 208 g/mol. The lowest BCUT2D eigenvalue weighted by Crippen LogP contribution is -2.30. The highest BCUT2D eigenvalue weighted by molar-refractivity contribution is 6.30. The molecule has 1 aromatic carbocycles. The summed E-state index contributed by atoms with van der Waals surface area (Å²) in [5.41, 5.74) is 2.71. The fourth-order valence-electron chi connectivity index (χ4n) is 2.26. The Hall–Kier alpha value is -0.730. The third-order valence-electron chi connectivity index (χ3n) is 3.15. The maximum atomic E-state index is 5.99. The first-order valence-electron chi connectivity index (χ1n) is 5.38. The fourth-order valence-corrected chi connectivity index (χ4v) is 2.45. The third kappa shape index (κ3) is 2.11. The van der Waals surface area contributed by atoms with Crippen molar-refractivity contribution in [2.24, 2.45) is 0 Å². The number of likely N-dealkylation sites (N-methyl/N-ethyl adjacent to an activating group) is 1. The number of benzene rings is 1. The zero-order valence-corrected chi connectivity index (χ0v) is 10.0. The van der Waals surface area contributed by atoms with E-state index in [1.807, 2.05) is 13.1 Å². The summed E-state index contributed by atoms with van der Waals surface area (Å²) < 4.78 is 0. The predicted octanol–water partition coefficient (Wildman–Crippen LogP) is 2.31. The van der Waals surface area contributed by atoms with Crippen LogP contribution in [-0.4, -0.2) is 26.7 Å². The Bertz CT molecular complexity index is 351. The number of hydrogen-bond donors (Lipinski definition) is 1. The summed E-state index contributed by atoms with van der Waals surface area (Å²) in [6.45, 7) is 1.07. The maximum absolute atomic E-state index is 5.99. The van der Waals surface area contributed by atoms with Gasteiger partial charge in [-0.3, -0.25) is 0 Å². The molecule has 0 saturated heterocycles. The van der Waals surface area contributed by atoms with Crippen LogP contribution in [0.4, 0.5) is 5.69 Å². The van der Waals surface area contributed by atoms with Gasteiger partial charge < -0.3 is 10.2 Å². The molecular formula is C12H17ClN2. The van der Waals surface area contributed by atoms with Crippen LogP contribution in [0.1, 0.15) is 12.0 Å². The molecule has 0 amide bonds. The van der Waals surface area contributed by atoms with E-state index in [2.05, 4.69) is 29.4 Å². The van der Waals surface area contributed by atoms with E-state index in [1.165, 1.54) is 17.7 Å². The van der Waals surface area contributed by atoms with E-state index in [0.29, 0.717) is 6.04 Å². The van der Waals surface area contributed by atoms with Crippen LogP contribution in [0.2, 0.25) is 5.02 Å². The van der Waals surface area contributed by atoms with Crippen molar-refractivity contribution in [2.45, 2.75) is 18.9 Å². The van der Waals surface area contributed by atoms with Crippen LogP contribution in [0, 0.1) is 0 Å². The molecule has 1 unspecified atom stereocenters. The average molecular weight is 225 g/mol. The molecule has 1 N–H and O–H groups in total. The van der Waals surface area contributed by atoms with Crippen molar-refractivity contribution < 1.29 is 0 Å². The molecule has 0 radical (unpaired) electrons. The normalized spacial score (nSPS) is 19.4. The molecule has 0 spiro atoms. The molecule has 3 heteroatoms. The number of fused-ring (bicyclic) bond motifs is 1. The molecule has 1 aliphatic rings. The van der Waals surface area contributed by atoms with Gasteiger partial charge in [-0.15, -0.1) is 0 Å². The Morgan fingerprint density at radius 1 is 1.53 bits per heavy atom. The van der Waals surface area contributed by atoms with Gasteiger partial charge in [0.15, 0.2) is 0 Å². The molecule has 2 nitrogen and oxygen atoms in total. The van der Waals surface area contributed by atoms with Crippen LogP contribution in [0.25, 0.3) is 0 Å². The summed E-state index contributed by atoms with van der Waals surface area (Å²) in [6, 6.07) is 6.80. The number of nitrogens with zero attached hydrogens (tertiary/aromatic N) is 1. The molecule has 0 saturated carbocycles. The van der Waals surface area contributed by atoms with Gasteiger partial charge in [-0.2, -0.15) is 0 Å². The summed E-state index contributed by atoms with van der Waals surface area (Å²) >= 11 is 5.99. The Labute approximate surface area is 96.2 Å². The molecule has 82 valence electrons. The van der Waals surface area contributed by atoms with E-state index in [4.69, 9.17) is 11.6 Å². The van der Waals surface area contributed by atoms with E-state index < -0.39 is 0 Å². The van der Waals surface area contributed by atoms with Crippen LogP contribution in [0.5, 0.6) is 0 Å². The van der Waals surface area contributed by atoms with Crippen molar-refractivity contribution >= 4 is 17.3 Å². The summed E-state index contributed by atoms with van der Waals surface area (Å²) in [6.07, 6.45) is 2.30. The minimum Gasteiger partial charge on any atom is -0.371 e. The van der Waals surface area contributed by atoms with Gasteiger partial charge in [0.25, 0.3) is 0 Å². The van der Waals surface area contributed by atoms with Crippen molar-refractivity contribution in [3.8, 4) is 0 Å². The van der Waals surface area contributed by atoms with Crippen LogP contribution < -0.4 is 10.2 Å². The van der Waals surface area contributed by atoms with Crippen LogP contribution in [-0.2, 0) is 6.42 Å². The van der Waals surface area contributed by atoms with Crippen LogP contribution in [0.3, 0.4) is 0 Å². The van der Waals surface area contributed by atoms with Gasteiger partial charge in [0.2, 0.25) is 0 Å². The van der Waals surface area contributed by atoms with Gasteiger partial charge in [-0.25, -0.2) is 0 Å². The maximum Gasteiger partial charge on any atom is 0.0410 e. The highest BCUT2D eigenvalue weighted by atomic mass is 35.5. The van der Waals surface area contributed by atoms with Gasteiger partial charge in [-0.05, 0) is 50.2 Å². The number of rotatable bonds is 3. The largest absolute Gasteiger partial charge is 0.371 e. The Balaban J connectivity index is 2.14. The molecule has 1 heterocycles. The minimum absolute atomic E-state index is 0.617. The lowest BCUT2D eigenvalue weighted by Gasteiger charge is -2.22. The average Bonchev–Trinajstić information content (AvgIpc) is 2.52. The SMILES string of the molecule is CNCCC1Cc2cc(Cl)ccc2N1C. The fraction of sp³-hybridized carbons (Fsp3) is 0.500. The molecule has 15 heavy (non-hydrogen) atoms. The minimum atomic E-state index is 0.617. The smallest absolute Gasteiger partial charge is 0.0410 e. The van der Waals surface area contributed by atoms with Gasteiger partial charge in [0.05, 0.1) is 0 Å². The first-order valence-corrected chi connectivity index (χ1v) is 5.76. The summed E-state index contributed by atoms with van der Waals surface area (Å²) in [4.78, 5) is 2.36. The number of halogens is 1. The molecule has 2 rings (SSSR count). The molecule has 1 aliphatic heterocycles. The van der Waals surface area contributed by atoms with Crippen LogP contribution in [0.15, 0.2) is 18.2 Å².